The third-order valence-electron chi connectivity index (χ3n) is 3.76. The molecule has 0 saturated heterocycles. The molecule has 1 aromatic carbocycles. The normalized spacial score (nSPS) is 14.3. The summed E-state index contributed by atoms with van der Waals surface area (Å²) in [4.78, 5) is 3.92. The number of anilines is 1. The summed E-state index contributed by atoms with van der Waals surface area (Å²) >= 11 is 0. The van der Waals surface area contributed by atoms with Gasteiger partial charge in [-0.05, 0) is 42.8 Å². The molecule has 4 N–H and O–H groups in total. The highest BCUT2D eigenvalue weighted by molar-refractivity contribution is 5.65. The van der Waals surface area contributed by atoms with Crippen molar-refractivity contribution in [1.29, 1.82) is 0 Å². The molecule has 1 heterocycles. The Labute approximate surface area is 136 Å². The number of hydrogen-bond acceptors (Lipinski definition) is 4. The number of aliphatic hydroxyl groups is 1. The van der Waals surface area contributed by atoms with Gasteiger partial charge >= 0.3 is 6.18 Å². The molecule has 1 atom stereocenters. The average Bonchev–Trinajstić information content (AvgIpc) is 2.54. The quantitative estimate of drug-likeness (QED) is 0.747. The van der Waals surface area contributed by atoms with Crippen molar-refractivity contribution in [1.82, 2.24) is 4.98 Å². The number of nitrogens with one attached hydrogen (secondary N) is 1. The molecule has 1 unspecified atom stereocenters. The van der Waals surface area contributed by atoms with E-state index in [1.807, 2.05) is 0 Å². The summed E-state index contributed by atoms with van der Waals surface area (Å²) in [6.07, 6.45) is -4.99. The van der Waals surface area contributed by atoms with Crippen LogP contribution in [0.3, 0.4) is 0 Å². The summed E-state index contributed by atoms with van der Waals surface area (Å²) in [6, 6.07) is 6.67. The van der Waals surface area contributed by atoms with Crippen molar-refractivity contribution in [3.63, 3.8) is 0 Å². The van der Waals surface area contributed by atoms with E-state index < -0.39 is 29.8 Å². The van der Waals surface area contributed by atoms with E-state index in [9.17, 15) is 22.7 Å². The van der Waals surface area contributed by atoms with Crippen LogP contribution in [0.4, 0.5) is 23.2 Å². The summed E-state index contributed by atoms with van der Waals surface area (Å²) in [5, 5.41) is 12.7. The van der Waals surface area contributed by atoms with Crippen molar-refractivity contribution in [3.8, 4) is 11.3 Å². The average molecular weight is 343 g/mol. The van der Waals surface area contributed by atoms with Crippen LogP contribution in [-0.4, -0.2) is 29.9 Å². The fraction of sp³-hybridized carbons (Fsp3) is 0.312. The van der Waals surface area contributed by atoms with Crippen LogP contribution in [0.1, 0.15) is 11.3 Å². The van der Waals surface area contributed by atoms with Gasteiger partial charge in [0.15, 0.2) is 0 Å². The third kappa shape index (κ3) is 3.20. The molecule has 0 radical (unpaired) electrons. The van der Waals surface area contributed by atoms with Crippen LogP contribution >= 0.6 is 0 Å². The molecule has 0 saturated carbocycles. The molecule has 2 rings (SSSR count). The monoisotopic (exact) mass is 343 g/mol. The highest BCUT2D eigenvalue weighted by Crippen LogP contribution is 2.39. The molecule has 1 aromatic heterocycles. The molecule has 0 spiro atoms. The molecule has 24 heavy (non-hydrogen) atoms. The minimum Gasteiger partial charge on any atom is -0.388 e. The predicted molar refractivity (Wildman–Crippen MR) is 82.9 cm³/mol. The van der Waals surface area contributed by atoms with Crippen LogP contribution in [0.5, 0.6) is 0 Å². The number of hydrogen-bond donors (Lipinski definition) is 3. The molecule has 0 aliphatic carbocycles. The van der Waals surface area contributed by atoms with Gasteiger partial charge in [-0.2, -0.15) is 13.2 Å². The van der Waals surface area contributed by atoms with E-state index in [0.29, 0.717) is 16.8 Å². The van der Waals surface area contributed by atoms with E-state index in [1.165, 1.54) is 38.2 Å². The van der Waals surface area contributed by atoms with E-state index in [2.05, 4.69) is 10.3 Å². The fourth-order valence-corrected chi connectivity index (χ4v) is 2.20. The first-order valence-corrected chi connectivity index (χ1v) is 7.08. The first-order valence-electron chi connectivity index (χ1n) is 7.08. The lowest BCUT2D eigenvalue weighted by atomic mass is 9.96. The fourth-order valence-electron chi connectivity index (χ4n) is 2.20. The van der Waals surface area contributed by atoms with Crippen LogP contribution in [0, 0.1) is 12.7 Å². The highest BCUT2D eigenvalue weighted by Gasteiger charge is 2.55. The van der Waals surface area contributed by atoms with Gasteiger partial charge < -0.3 is 16.2 Å². The molecule has 130 valence electrons. The van der Waals surface area contributed by atoms with Gasteiger partial charge in [0.2, 0.25) is 5.60 Å². The molecule has 8 heteroatoms. The van der Waals surface area contributed by atoms with Gasteiger partial charge in [-0.3, -0.25) is 0 Å². The van der Waals surface area contributed by atoms with E-state index in [4.69, 9.17) is 5.73 Å². The Morgan fingerprint density at radius 2 is 1.88 bits per heavy atom. The van der Waals surface area contributed by atoms with Crippen LogP contribution in [-0.2, 0) is 5.60 Å². The lowest BCUT2D eigenvalue weighted by Crippen LogP contribution is -2.49. The lowest BCUT2D eigenvalue weighted by molar-refractivity contribution is -0.263. The van der Waals surface area contributed by atoms with Gasteiger partial charge in [-0.15, -0.1) is 0 Å². The highest BCUT2D eigenvalue weighted by atomic mass is 19.4. The van der Waals surface area contributed by atoms with Gasteiger partial charge in [-0.25, -0.2) is 9.37 Å². The SMILES string of the molecule is CNc1cc(-c2ccc(F)c(C)c2)nc(C(O)(CN)C(F)(F)F)c1. The summed E-state index contributed by atoms with van der Waals surface area (Å²) in [7, 11) is 1.52. The molecule has 4 nitrogen and oxygen atoms in total. The van der Waals surface area contributed by atoms with Crippen molar-refractivity contribution >= 4 is 5.69 Å². The Balaban J connectivity index is 2.65. The Kier molecular flexibility index (Phi) is 4.82. The van der Waals surface area contributed by atoms with E-state index in [1.54, 1.807) is 0 Å². The number of aryl methyl sites for hydroxylation is 1. The van der Waals surface area contributed by atoms with Crippen LogP contribution in [0.25, 0.3) is 11.3 Å². The van der Waals surface area contributed by atoms with Crippen LogP contribution in [0.2, 0.25) is 0 Å². The molecule has 0 aliphatic heterocycles. The lowest BCUT2D eigenvalue weighted by Gasteiger charge is -2.29. The van der Waals surface area contributed by atoms with Crippen LogP contribution in [0.15, 0.2) is 30.3 Å². The minimum absolute atomic E-state index is 0.163. The number of rotatable bonds is 4. The zero-order valence-corrected chi connectivity index (χ0v) is 13.1. The topological polar surface area (TPSA) is 71.2 Å². The Morgan fingerprint density at radius 3 is 2.38 bits per heavy atom. The van der Waals surface area contributed by atoms with Crippen molar-refractivity contribution in [2.75, 3.05) is 18.9 Å². The number of benzene rings is 1. The van der Waals surface area contributed by atoms with Gasteiger partial charge in [0.05, 0.1) is 11.4 Å². The molecular weight excluding hydrogens is 326 g/mol. The summed E-state index contributed by atoms with van der Waals surface area (Å²) in [6.45, 7) is 0.464. The first kappa shape index (κ1) is 18.2. The van der Waals surface area contributed by atoms with Crippen molar-refractivity contribution in [2.24, 2.45) is 5.73 Å². The largest absolute Gasteiger partial charge is 0.424 e. The molecule has 0 fully saturated rings. The van der Waals surface area contributed by atoms with Crippen molar-refractivity contribution in [2.45, 2.75) is 18.7 Å². The van der Waals surface area contributed by atoms with Gasteiger partial charge in [-0.1, -0.05) is 0 Å². The zero-order valence-electron chi connectivity index (χ0n) is 13.1. The van der Waals surface area contributed by atoms with Crippen LogP contribution < -0.4 is 11.1 Å². The number of nitrogens with zero attached hydrogens (tertiary/aromatic N) is 1. The maximum Gasteiger partial charge on any atom is 0.424 e. The molecule has 0 bridgehead atoms. The standard InChI is InChI=1S/C16H17F4N3O/c1-9-5-10(3-4-12(9)17)13-6-11(22-2)7-14(23-13)15(24,8-21)16(18,19)20/h3-7,24H,8,21H2,1-2H3,(H,22,23). The molecule has 0 aliphatic rings. The third-order valence-corrected chi connectivity index (χ3v) is 3.76. The maximum absolute atomic E-state index is 13.4. The second-order valence-corrected chi connectivity index (χ2v) is 5.40. The number of nitrogens with two attached hydrogens (primary N) is 1. The number of alkyl halides is 3. The van der Waals surface area contributed by atoms with Crippen molar-refractivity contribution in [3.05, 3.63) is 47.4 Å². The first-order chi connectivity index (χ1) is 11.1. The Bertz CT molecular complexity index is 749. The van der Waals surface area contributed by atoms with Gasteiger partial charge in [0.25, 0.3) is 0 Å². The van der Waals surface area contributed by atoms with E-state index in [0.717, 1.165) is 6.07 Å². The summed E-state index contributed by atoms with van der Waals surface area (Å²) < 4.78 is 53.1. The maximum atomic E-state index is 13.4. The summed E-state index contributed by atoms with van der Waals surface area (Å²) in [5.41, 5.74) is 2.50. The Hall–Kier alpha value is -2.19. The number of halogens is 4. The zero-order chi connectivity index (χ0) is 18.1. The number of pyridine rings is 1. The molecular formula is C16H17F4N3O. The number of aromatic nitrogens is 1. The Morgan fingerprint density at radius 1 is 1.21 bits per heavy atom. The second-order valence-electron chi connectivity index (χ2n) is 5.40. The van der Waals surface area contributed by atoms with Crippen molar-refractivity contribution < 1.29 is 22.7 Å². The molecule has 0 amide bonds. The smallest absolute Gasteiger partial charge is 0.388 e. The minimum atomic E-state index is -4.99. The predicted octanol–water partition coefficient (Wildman–Crippen LogP) is 2.95. The molecule has 2 aromatic rings. The summed E-state index contributed by atoms with van der Waals surface area (Å²) in [5.74, 6) is -0.433. The van der Waals surface area contributed by atoms with E-state index >= 15 is 0 Å². The van der Waals surface area contributed by atoms with E-state index in [-0.39, 0.29) is 5.69 Å². The van der Waals surface area contributed by atoms with Gasteiger partial charge in [0, 0.05) is 24.8 Å². The second kappa shape index (κ2) is 6.37. The van der Waals surface area contributed by atoms with Gasteiger partial charge in [0.1, 0.15) is 5.82 Å².